The van der Waals surface area contributed by atoms with E-state index in [1.807, 2.05) is 0 Å². The van der Waals surface area contributed by atoms with Gasteiger partial charge in [0.25, 0.3) is 0 Å². The van der Waals surface area contributed by atoms with E-state index in [1.165, 1.54) is 18.3 Å². The lowest BCUT2D eigenvalue weighted by molar-refractivity contribution is 0.0697. The predicted octanol–water partition coefficient (Wildman–Crippen LogP) is 3.85. The average molecular weight is 274 g/mol. The maximum atomic E-state index is 10.9. The molecule has 0 spiro atoms. The van der Waals surface area contributed by atoms with E-state index in [1.54, 1.807) is 24.3 Å². The van der Waals surface area contributed by atoms with Gasteiger partial charge >= 0.3 is 5.97 Å². The Bertz CT molecular complexity index is 779. The molecule has 19 heavy (non-hydrogen) atoms. The minimum atomic E-state index is -0.997. The lowest BCUT2D eigenvalue weighted by atomic mass is 10.2. The zero-order valence-corrected chi connectivity index (χ0v) is 10.4. The van der Waals surface area contributed by atoms with Crippen molar-refractivity contribution in [2.45, 2.75) is 0 Å². The number of aromatic carboxylic acids is 1. The molecule has 1 aromatic carbocycles. The minimum Gasteiger partial charge on any atom is -0.478 e. The van der Waals surface area contributed by atoms with Gasteiger partial charge in [-0.1, -0.05) is 11.6 Å². The fourth-order valence-corrected chi connectivity index (χ4v) is 2.02. The summed E-state index contributed by atoms with van der Waals surface area (Å²) in [5, 5.41) is 10.4. The standard InChI is InChI=1S/C14H8ClNO3/c15-10-1-2-12-9(5-10)7-13(19-12)11-6-8(14(17)18)3-4-16-11/h1-7H,(H,17,18). The number of carbonyl (C=O) groups is 1. The predicted molar refractivity (Wildman–Crippen MR) is 71.4 cm³/mol. The highest BCUT2D eigenvalue weighted by atomic mass is 35.5. The molecule has 0 saturated heterocycles. The maximum Gasteiger partial charge on any atom is 0.335 e. The first-order valence-electron chi connectivity index (χ1n) is 5.52. The number of rotatable bonds is 2. The summed E-state index contributed by atoms with van der Waals surface area (Å²) in [6.45, 7) is 0. The van der Waals surface area contributed by atoms with E-state index < -0.39 is 5.97 Å². The van der Waals surface area contributed by atoms with Crippen molar-refractivity contribution in [2.75, 3.05) is 0 Å². The SMILES string of the molecule is O=C(O)c1ccnc(-c2cc3cc(Cl)ccc3o2)c1. The second-order valence-electron chi connectivity index (χ2n) is 4.03. The van der Waals surface area contributed by atoms with E-state index in [0.29, 0.717) is 22.1 Å². The molecular weight excluding hydrogens is 266 g/mol. The number of carboxylic acids is 1. The van der Waals surface area contributed by atoms with Gasteiger partial charge in [0.2, 0.25) is 0 Å². The number of pyridine rings is 1. The minimum absolute atomic E-state index is 0.170. The van der Waals surface area contributed by atoms with Gasteiger partial charge in [0, 0.05) is 16.6 Å². The molecule has 0 amide bonds. The molecule has 0 aliphatic rings. The molecule has 0 aliphatic carbocycles. The first kappa shape index (κ1) is 11.7. The van der Waals surface area contributed by atoms with Crippen molar-refractivity contribution in [3.8, 4) is 11.5 Å². The number of furan rings is 1. The van der Waals surface area contributed by atoms with Crippen molar-refractivity contribution in [3.63, 3.8) is 0 Å². The van der Waals surface area contributed by atoms with E-state index in [-0.39, 0.29) is 5.56 Å². The summed E-state index contributed by atoms with van der Waals surface area (Å²) in [5.41, 5.74) is 1.33. The summed E-state index contributed by atoms with van der Waals surface area (Å²) >= 11 is 5.91. The quantitative estimate of drug-likeness (QED) is 0.770. The van der Waals surface area contributed by atoms with E-state index in [2.05, 4.69) is 4.98 Å². The van der Waals surface area contributed by atoms with E-state index in [0.717, 1.165) is 5.39 Å². The van der Waals surface area contributed by atoms with Gasteiger partial charge in [-0.15, -0.1) is 0 Å². The molecule has 3 rings (SSSR count). The third kappa shape index (κ3) is 2.18. The second kappa shape index (κ2) is 4.40. The van der Waals surface area contributed by atoms with Crippen LogP contribution in [0.3, 0.4) is 0 Å². The van der Waals surface area contributed by atoms with Crippen LogP contribution in [0.5, 0.6) is 0 Å². The highest BCUT2D eigenvalue weighted by Gasteiger charge is 2.10. The highest BCUT2D eigenvalue weighted by Crippen LogP contribution is 2.28. The molecule has 94 valence electrons. The lowest BCUT2D eigenvalue weighted by Crippen LogP contribution is -1.96. The van der Waals surface area contributed by atoms with E-state index >= 15 is 0 Å². The van der Waals surface area contributed by atoms with Crippen molar-refractivity contribution in [1.82, 2.24) is 4.98 Å². The zero-order chi connectivity index (χ0) is 13.4. The Morgan fingerprint density at radius 3 is 2.84 bits per heavy atom. The monoisotopic (exact) mass is 273 g/mol. The largest absolute Gasteiger partial charge is 0.478 e. The van der Waals surface area contributed by atoms with Gasteiger partial charge in [-0.25, -0.2) is 4.79 Å². The summed E-state index contributed by atoms with van der Waals surface area (Å²) in [5.74, 6) is -0.483. The van der Waals surface area contributed by atoms with Gasteiger partial charge < -0.3 is 9.52 Å². The van der Waals surface area contributed by atoms with Crippen LogP contribution in [0.25, 0.3) is 22.4 Å². The van der Waals surface area contributed by atoms with Crippen molar-refractivity contribution < 1.29 is 14.3 Å². The van der Waals surface area contributed by atoms with Crippen molar-refractivity contribution >= 4 is 28.5 Å². The van der Waals surface area contributed by atoms with Crippen LogP contribution in [0.4, 0.5) is 0 Å². The third-order valence-corrected chi connectivity index (χ3v) is 2.97. The first-order chi connectivity index (χ1) is 9.13. The van der Waals surface area contributed by atoms with Crippen LogP contribution < -0.4 is 0 Å². The number of nitrogens with zero attached hydrogens (tertiary/aromatic N) is 1. The van der Waals surface area contributed by atoms with Crippen LogP contribution in [0.2, 0.25) is 5.02 Å². The molecule has 3 aromatic rings. The third-order valence-electron chi connectivity index (χ3n) is 2.74. The Hall–Kier alpha value is -2.33. The molecule has 0 atom stereocenters. The molecule has 5 heteroatoms. The number of fused-ring (bicyclic) bond motifs is 1. The smallest absolute Gasteiger partial charge is 0.335 e. The van der Waals surface area contributed by atoms with Crippen LogP contribution in [0.15, 0.2) is 47.0 Å². The molecule has 2 heterocycles. The van der Waals surface area contributed by atoms with Crippen LogP contribution >= 0.6 is 11.6 Å². The fraction of sp³-hybridized carbons (Fsp3) is 0. The Labute approximate surface area is 113 Å². The molecule has 1 N–H and O–H groups in total. The molecule has 0 saturated carbocycles. The number of aromatic nitrogens is 1. The molecule has 0 unspecified atom stereocenters. The van der Waals surface area contributed by atoms with E-state index in [9.17, 15) is 4.79 Å². The van der Waals surface area contributed by atoms with Crippen LogP contribution in [0, 0.1) is 0 Å². The number of halogens is 1. The summed E-state index contributed by atoms with van der Waals surface area (Å²) < 4.78 is 5.63. The molecule has 0 fully saturated rings. The van der Waals surface area contributed by atoms with Crippen molar-refractivity contribution in [2.24, 2.45) is 0 Å². The fourth-order valence-electron chi connectivity index (χ4n) is 1.84. The average Bonchev–Trinajstić information content (AvgIpc) is 2.81. The topological polar surface area (TPSA) is 63.3 Å². The zero-order valence-electron chi connectivity index (χ0n) is 9.63. The van der Waals surface area contributed by atoms with Gasteiger partial charge in [0.1, 0.15) is 11.3 Å². The molecule has 0 aliphatic heterocycles. The van der Waals surface area contributed by atoms with Gasteiger partial charge in [0.05, 0.1) is 5.56 Å². The Kier molecular flexibility index (Phi) is 2.72. The Morgan fingerprint density at radius 1 is 1.21 bits per heavy atom. The van der Waals surface area contributed by atoms with Gasteiger partial charge in [0.15, 0.2) is 5.76 Å². The highest BCUT2D eigenvalue weighted by molar-refractivity contribution is 6.31. The first-order valence-corrected chi connectivity index (χ1v) is 5.90. The van der Waals surface area contributed by atoms with Crippen LogP contribution in [-0.2, 0) is 0 Å². The van der Waals surface area contributed by atoms with Crippen molar-refractivity contribution in [1.29, 1.82) is 0 Å². The summed E-state index contributed by atoms with van der Waals surface area (Å²) in [4.78, 5) is 15.0. The summed E-state index contributed by atoms with van der Waals surface area (Å²) in [6, 6.07) is 9.98. The summed E-state index contributed by atoms with van der Waals surface area (Å²) in [6.07, 6.45) is 1.44. The second-order valence-corrected chi connectivity index (χ2v) is 4.46. The van der Waals surface area contributed by atoms with Gasteiger partial charge in [-0.05, 0) is 36.4 Å². The molecule has 0 bridgehead atoms. The number of hydrogen-bond donors (Lipinski definition) is 1. The molecule has 0 radical (unpaired) electrons. The number of hydrogen-bond acceptors (Lipinski definition) is 3. The molecule has 2 aromatic heterocycles. The number of benzene rings is 1. The van der Waals surface area contributed by atoms with Gasteiger partial charge in [-0.3, -0.25) is 4.98 Å². The van der Waals surface area contributed by atoms with E-state index in [4.69, 9.17) is 21.1 Å². The maximum absolute atomic E-state index is 10.9. The van der Waals surface area contributed by atoms with Crippen LogP contribution in [-0.4, -0.2) is 16.1 Å². The number of carboxylic acid groups (broad SMARTS) is 1. The summed E-state index contributed by atoms with van der Waals surface area (Å²) in [7, 11) is 0. The normalized spacial score (nSPS) is 10.8. The Morgan fingerprint density at radius 2 is 2.05 bits per heavy atom. The van der Waals surface area contributed by atoms with Gasteiger partial charge in [-0.2, -0.15) is 0 Å². The van der Waals surface area contributed by atoms with Crippen molar-refractivity contribution in [3.05, 3.63) is 53.2 Å². The molecular formula is C14H8ClNO3. The Balaban J connectivity index is 2.13. The lowest BCUT2D eigenvalue weighted by Gasteiger charge is -1.97. The molecule has 4 nitrogen and oxygen atoms in total. The van der Waals surface area contributed by atoms with Crippen LogP contribution in [0.1, 0.15) is 10.4 Å².